The Morgan fingerprint density at radius 3 is 2.00 bits per heavy atom. The summed E-state index contributed by atoms with van der Waals surface area (Å²) in [7, 11) is 0. The molecule has 0 atom stereocenters. The van der Waals surface area contributed by atoms with Crippen molar-refractivity contribution in [3.63, 3.8) is 0 Å². The van der Waals surface area contributed by atoms with Gasteiger partial charge in [0.05, 0.1) is 0 Å². The molecule has 15 heavy (non-hydrogen) atoms. The summed E-state index contributed by atoms with van der Waals surface area (Å²) in [6, 6.07) is 0. The molecule has 0 heterocycles. The van der Waals surface area contributed by atoms with E-state index in [9.17, 15) is 0 Å². The van der Waals surface area contributed by atoms with E-state index < -0.39 is 0 Å². The largest absolute Gasteiger partial charge is 0.396 e. The van der Waals surface area contributed by atoms with Gasteiger partial charge < -0.3 is 5.11 Å². The van der Waals surface area contributed by atoms with Gasteiger partial charge in [-0.05, 0) is 25.7 Å². The van der Waals surface area contributed by atoms with E-state index in [1.165, 1.54) is 38.5 Å². The van der Waals surface area contributed by atoms with Gasteiger partial charge in [-0.3, -0.25) is 0 Å². The fourth-order valence-corrected chi connectivity index (χ4v) is 1.40. The van der Waals surface area contributed by atoms with Crippen molar-refractivity contribution in [3.05, 3.63) is 24.3 Å². The highest BCUT2D eigenvalue weighted by molar-refractivity contribution is 5.02. The van der Waals surface area contributed by atoms with Crippen LogP contribution in [0.25, 0.3) is 0 Å². The molecule has 0 aromatic heterocycles. The van der Waals surface area contributed by atoms with Crippen molar-refractivity contribution in [2.45, 2.75) is 58.3 Å². The number of aliphatic hydroxyl groups is 1. The Morgan fingerprint density at radius 2 is 1.40 bits per heavy atom. The molecule has 0 spiro atoms. The predicted octanol–water partition coefficient (Wildman–Crippen LogP) is 4.23. The Kier molecular flexibility index (Phi) is 12.9. The van der Waals surface area contributed by atoms with Crippen LogP contribution in [0.2, 0.25) is 0 Å². The van der Waals surface area contributed by atoms with Gasteiger partial charge in [-0.2, -0.15) is 0 Å². The van der Waals surface area contributed by atoms with Gasteiger partial charge in [0.25, 0.3) is 0 Å². The highest BCUT2D eigenvalue weighted by Crippen LogP contribution is 2.03. The van der Waals surface area contributed by atoms with Crippen molar-refractivity contribution in [1.29, 1.82) is 0 Å². The molecule has 1 heteroatoms. The van der Waals surface area contributed by atoms with Crippen LogP contribution in [0.3, 0.4) is 0 Å². The van der Waals surface area contributed by atoms with E-state index in [0.29, 0.717) is 6.61 Å². The first kappa shape index (κ1) is 14.4. The molecule has 0 aliphatic heterocycles. The predicted molar refractivity (Wildman–Crippen MR) is 68.0 cm³/mol. The molecule has 0 fully saturated rings. The molecular formula is C14H26O. The number of aliphatic hydroxyl groups excluding tert-OH is 1. The van der Waals surface area contributed by atoms with Crippen LogP contribution in [0.15, 0.2) is 24.3 Å². The molecule has 0 aromatic rings. The molecule has 0 saturated heterocycles. The molecule has 0 amide bonds. The Bertz CT molecular complexity index is 159. The fraction of sp³-hybridized carbons (Fsp3) is 0.714. The zero-order valence-electron chi connectivity index (χ0n) is 10.1. The summed E-state index contributed by atoms with van der Waals surface area (Å²) in [6.45, 7) is 2.56. The van der Waals surface area contributed by atoms with E-state index in [1.54, 1.807) is 0 Å². The second-order valence-corrected chi connectivity index (χ2v) is 3.93. The van der Waals surface area contributed by atoms with Crippen molar-refractivity contribution in [1.82, 2.24) is 0 Å². The van der Waals surface area contributed by atoms with Gasteiger partial charge in [-0.25, -0.2) is 0 Å². The third kappa shape index (κ3) is 13.4. The Morgan fingerprint density at radius 1 is 0.800 bits per heavy atom. The van der Waals surface area contributed by atoms with Crippen molar-refractivity contribution >= 4 is 0 Å². The van der Waals surface area contributed by atoms with Crippen molar-refractivity contribution in [2.75, 3.05) is 6.61 Å². The maximum Gasteiger partial charge on any atom is 0.0431 e. The molecule has 1 N–H and O–H groups in total. The van der Waals surface area contributed by atoms with Gasteiger partial charge in [0.2, 0.25) is 0 Å². The average molecular weight is 210 g/mol. The summed E-state index contributed by atoms with van der Waals surface area (Å²) in [5.41, 5.74) is 0. The molecule has 1 nitrogen and oxygen atoms in total. The van der Waals surface area contributed by atoms with Crippen molar-refractivity contribution in [3.8, 4) is 0 Å². The van der Waals surface area contributed by atoms with Crippen LogP contribution < -0.4 is 0 Å². The summed E-state index contributed by atoms with van der Waals surface area (Å²) in [4.78, 5) is 0. The van der Waals surface area contributed by atoms with Crippen molar-refractivity contribution in [2.24, 2.45) is 0 Å². The Labute approximate surface area is 94.9 Å². The zero-order chi connectivity index (χ0) is 11.2. The lowest BCUT2D eigenvalue weighted by atomic mass is 10.1. The molecule has 88 valence electrons. The topological polar surface area (TPSA) is 20.2 Å². The number of hydrogen-bond acceptors (Lipinski definition) is 1. The van der Waals surface area contributed by atoms with E-state index in [4.69, 9.17) is 5.11 Å². The summed E-state index contributed by atoms with van der Waals surface area (Å²) in [5, 5.41) is 8.59. The number of unbranched alkanes of at least 4 members (excludes halogenated alkanes) is 6. The standard InChI is InChI=1S/C14H26O/c1-2-3-4-5-6-7-8-9-10-11-12-13-14-15/h5-8,15H,2-4,9-14H2,1H3/b6-5-,8-7-. The summed E-state index contributed by atoms with van der Waals surface area (Å²) < 4.78 is 0. The van der Waals surface area contributed by atoms with Gasteiger partial charge >= 0.3 is 0 Å². The Hall–Kier alpha value is -0.560. The molecule has 0 aliphatic rings. The SMILES string of the molecule is CCCC/C=C\C=C/CCCCCCO. The lowest BCUT2D eigenvalue weighted by molar-refractivity contribution is 0.282. The highest BCUT2D eigenvalue weighted by atomic mass is 16.2. The first-order valence-corrected chi connectivity index (χ1v) is 6.34. The maximum atomic E-state index is 8.59. The first-order valence-electron chi connectivity index (χ1n) is 6.34. The Balaban J connectivity index is 3.13. The molecule has 0 saturated carbocycles. The number of hydrogen-bond donors (Lipinski definition) is 1. The van der Waals surface area contributed by atoms with Crippen LogP contribution in [0, 0.1) is 0 Å². The lowest BCUT2D eigenvalue weighted by Gasteiger charge is -1.95. The maximum absolute atomic E-state index is 8.59. The lowest BCUT2D eigenvalue weighted by Crippen LogP contribution is -1.82. The summed E-state index contributed by atoms with van der Waals surface area (Å²) in [5.74, 6) is 0. The zero-order valence-corrected chi connectivity index (χ0v) is 10.1. The third-order valence-electron chi connectivity index (χ3n) is 2.39. The number of rotatable bonds is 10. The smallest absolute Gasteiger partial charge is 0.0431 e. The van der Waals surface area contributed by atoms with E-state index >= 15 is 0 Å². The third-order valence-corrected chi connectivity index (χ3v) is 2.39. The molecular weight excluding hydrogens is 184 g/mol. The highest BCUT2D eigenvalue weighted by Gasteiger charge is 1.86. The van der Waals surface area contributed by atoms with Gasteiger partial charge in [-0.1, -0.05) is 56.9 Å². The van der Waals surface area contributed by atoms with Crippen LogP contribution in [0.5, 0.6) is 0 Å². The normalized spacial score (nSPS) is 11.9. The summed E-state index contributed by atoms with van der Waals surface area (Å²) >= 11 is 0. The van der Waals surface area contributed by atoms with E-state index in [1.807, 2.05) is 0 Å². The van der Waals surface area contributed by atoms with E-state index in [2.05, 4.69) is 31.2 Å². The fourth-order valence-electron chi connectivity index (χ4n) is 1.40. The van der Waals surface area contributed by atoms with Crippen LogP contribution in [0.4, 0.5) is 0 Å². The second kappa shape index (κ2) is 13.4. The second-order valence-electron chi connectivity index (χ2n) is 3.93. The minimum Gasteiger partial charge on any atom is -0.396 e. The van der Waals surface area contributed by atoms with Gasteiger partial charge in [0.15, 0.2) is 0 Å². The molecule has 0 bridgehead atoms. The number of allylic oxidation sites excluding steroid dienone is 4. The molecule has 0 rings (SSSR count). The van der Waals surface area contributed by atoms with Crippen LogP contribution >= 0.6 is 0 Å². The van der Waals surface area contributed by atoms with E-state index in [0.717, 1.165) is 12.8 Å². The molecule has 0 radical (unpaired) electrons. The minimum absolute atomic E-state index is 0.343. The van der Waals surface area contributed by atoms with Crippen molar-refractivity contribution < 1.29 is 5.11 Å². The monoisotopic (exact) mass is 210 g/mol. The van der Waals surface area contributed by atoms with Gasteiger partial charge in [0.1, 0.15) is 0 Å². The minimum atomic E-state index is 0.343. The quantitative estimate of drug-likeness (QED) is 0.422. The molecule has 0 aromatic carbocycles. The van der Waals surface area contributed by atoms with Crippen LogP contribution in [-0.2, 0) is 0 Å². The van der Waals surface area contributed by atoms with Gasteiger partial charge in [-0.15, -0.1) is 0 Å². The van der Waals surface area contributed by atoms with Crippen LogP contribution in [0.1, 0.15) is 58.3 Å². The first-order chi connectivity index (χ1) is 7.41. The van der Waals surface area contributed by atoms with Crippen LogP contribution in [-0.4, -0.2) is 11.7 Å². The van der Waals surface area contributed by atoms with E-state index in [-0.39, 0.29) is 0 Å². The molecule has 0 aliphatic carbocycles. The molecule has 0 unspecified atom stereocenters. The average Bonchev–Trinajstić information content (AvgIpc) is 2.26. The van der Waals surface area contributed by atoms with Gasteiger partial charge in [0, 0.05) is 6.61 Å². The summed E-state index contributed by atoms with van der Waals surface area (Å²) in [6.07, 6.45) is 18.4.